The highest BCUT2D eigenvalue weighted by Gasteiger charge is 2.51. The monoisotopic (exact) mass is 388 g/mol. The lowest BCUT2D eigenvalue weighted by molar-refractivity contribution is -0.0529. The van der Waals surface area contributed by atoms with Gasteiger partial charge in [-0.15, -0.1) is 0 Å². The number of carbonyl (C=O) groups excluding carboxylic acids is 1. The van der Waals surface area contributed by atoms with E-state index in [-0.39, 0.29) is 24.8 Å². The number of aliphatic hydroxyl groups is 1. The molecule has 0 saturated carbocycles. The standard InChI is InChI=1S/C24H24N2O3/c27-23(29-16-17-6-2-1-3-7-17)26-19-10-11-20(26)13-24(28,12-19)22-15-25-14-18-8-4-5-9-21(18)22/h1-9,14-15,19-20,28H,10-13,16H2. The summed E-state index contributed by atoms with van der Waals surface area (Å²) in [5.41, 5.74) is 0.865. The molecule has 2 fully saturated rings. The number of amides is 1. The number of hydrogen-bond donors (Lipinski definition) is 1. The lowest BCUT2D eigenvalue weighted by Crippen LogP contribution is -2.52. The summed E-state index contributed by atoms with van der Waals surface area (Å²) in [7, 11) is 0. The number of pyridine rings is 1. The molecule has 5 rings (SSSR count). The van der Waals surface area contributed by atoms with Crippen LogP contribution in [0, 0.1) is 0 Å². The normalized spacial score (nSPS) is 25.9. The van der Waals surface area contributed by atoms with E-state index in [2.05, 4.69) is 4.98 Å². The van der Waals surface area contributed by atoms with Gasteiger partial charge in [-0.1, -0.05) is 54.6 Å². The van der Waals surface area contributed by atoms with Gasteiger partial charge < -0.3 is 14.7 Å². The van der Waals surface area contributed by atoms with E-state index in [4.69, 9.17) is 4.74 Å². The minimum atomic E-state index is -0.976. The number of nitrogens with zero attached hydrogens (tertiary/aromatic N) is 2. The number of carbonyl (C=O) groups is 1. The van der Waals surface area contributed by atoms with Crippen molar-refractivity contribution in [1.82, 2.24) is 9.88 Å². The molecule has 5 nitrogen and oxygen atoms in total. The van der Waals surface area contributed by atoms with Crippen molar-refractivity contribution in [2.45, 2.75) is 50.0 Å². The molecule has 0 aliphatic carbocycles. The van der Waals surface area contributed by atoms with Gasteiger partial charge in [0.2, 0.25) is 0 Å². The van der Waals surface area contributed by atoms with Gasteiger partial charge >= 0.3 is 6.09 Å². The van der Waals surface area contributed by atoms with Crippen LogP contribution in [0.1, 0.15) is 36.8 Å². The molecular formula is C24H24N2O3. The van der Waals surface area contributed by atoms with Crippen LogP contribution >= 0.6 is 0 Å². The van der Waals surface area contributed by atoms with Crippen LogP contribution in [0.3, 0.4) is 0 Å². The first kappa shape index (κ1) is 18.1. The zero-order chi connectivity index (χ0) is 19.8. The highest BCUT2D eigenvalue weighted by molar-refractivity contribution is 5.85. The molecule has 2 aromatic carbocycles. The van der Waals surface area contributed by atoms with E-state index in [0.29, 0.717) is 12.8 Å². The van der Waals surface area contributed by atoms with Gasteiger partial charge in [-0.25, -0.2) is 4.79 Å². The lowest BCUT2D eigenvalue weighted by atomic mass is 9.79. The fraction of sp³-hybridized carbons (Fsp3) is 0.333. The van der Waals surface area contributed by atoms with Crippen molar-refractivity contribution in [3.05, 3.63) is 78.1 Å². The summed E-state index contributed by atoms with van der Waals surface area (Å²) in [5, 5.41) is 13.7. The first-order chi connectivity index (χ1) is 14.1. The Labute approximate surface area is 169 Å². The zero-order valence-electron chi connectivity index (χ0n) is 16.2. The van der Waals surface area contributed by atoms with Crippen LogP contribution in [0.15, 0.2) is 67.0 Å². The van der Waals surface area contributed by atoms with Gasteiger partial charge in [-0.3, -0.25) is 4.98 Å². The Morgan fingerprint density at radius 2 is 1.72 bits per heavy atom. The van der Waals surface area contributed by atoms with Crippen LogP contribution < -0.4 is 0 Å². The number of fused-ring (bicyclic) bond motifs is 3. The lowest BCUT2D eigenvalue weighted by Gasteiger charge is -2.43. The number of piperidine rings is 1. The molecule has 3 heterocycles. The van der Waals surface area contributed by atoms with Gasteiger partial charge in [0.1, 0.15) is 6.61 Å². The van der Waals surface area contributed by atoms with Crippen molar-refractivity contribution in [2.24, 2.45) is 0 Å². The summed E-state index contributed by atoms with van der Waals surface area (Å²) in [6.45, 7) is 0.271. The Bertz CT molecular complexity index is 1020. The third-order valence-corrected chi connectivity index (χ3v) is 6.35. The molecule has 29 heavy (non-hydrogen) atoms. The molecule has 1 amide bonds. The van der Waals surface area contributed by atoms with Crippen molar-refractivity contribution < 1.29 is 14.6 Å². The molecule has 0 spiro atoms. The number of benzene rings is 2. The van der Waals surface area contributed by atoms with E-state index in [1.165, 1.54) is 0 Å². The van der Waals surface area contributed by atoms with Crippen LogP contribution in [0.2, 0.25) is 0 Å². The number of ether oxygens (including phenoxy) is 1. The van der Waals surface area contributed by atoms with Crippen molar-refractivity contribution >= 4 is 16.9 Å². The zero-order valence-corrected chi connectivity index (χ0v) is 16.2. The minimum Gasteiger partial charge on any atom is -0.445 e. The Hall–Kier alpha value is -2.92. The van der Waals surface area contributed by atoms with Crippen LogP contribution in [-0.2, 0) is 16.9 Å². The average Bonchev–Trinajstić information content (AvgIpc) is 3.04. The van der Waals surface area contributed by atoms with Crippen molar-refractivity contribution in [2.75, 3.05) is 0 Å². The average molecular weight is 388 g/mol. The third kappa shape index (κ3) is 3.25. The topological polar surface area (TPSA) is 62.7 Å². The van der Waals surface area contributed by atoms with Crippen LogP contribution in [0.5, 0.6) is 0 Å². The van der Waals surface area contributed by atoms with E-state index in [1.807, 2.05) is 65.7 Å². The molecule has 148 valence electrons. The summed E-state index contributed by atoms with van der Waals surface area (Å²) in [4.78, 5) is 19.0. The summed E-state index contributed by atoms with van der Waals surface area (Å²) >= 11 is 0. The van der Waals surface area contributed by atoms with Crippen molar-refractivity contribution in [3.63, 3.8) is 0 Å². The van der Waals surface area contributed by atoms with Crippen LogP contribution in [-0.4, -0.2) is 33.2 Å². The molecule has 2 atom stereocenters. The van der Waals surface area contributed by atoms with E-state index in [1.54, 1.807) is 6.20 Å². The maximum atomic E-state index is 12.8. The van der Waals surface area contributed by atoms with Gasteiger partial charge in [0.25, 0.3) is 0 Å². The molecule has 5 heteroatoms. The molecule has 1 aromatic heterocycles. The largest absolute Gasteiger partial charge is 0.445 e. The summed E-state index contributed by atoms with van der Waals surface area (Å²) < 4.78 is 5.59. The smallest absolute Gasteiger partial charge is 0.410 e. The molecule has 3 aromatic rings. The maximum Gasteiger partial charge on any atom is 0.410 e. The highest BCUT2D eigenvalue weighted by atomic mass is 16.6. The Kier molecular flexibility index (Phi) is 4.47. The summed E-state index contributed by atoms with van der Waals surface area (Å²) in [5.74, 6) is 0. The molecule has 2 saturated heterocycles. The minimum absolute atomic E-state index is 0.0130. The predicted molar refractivity (Wildman–Crippen MR) is 110 cm³/mol. The SMILES string of the molecule is O=C(OCc1ccccc1)N1C2CCC1CC(O)(c1cncc3ccccc13)C2. The quantitative estimate of drug-likeness (QED) is 0.723. The van der Waals surface area contributed by atoms with Crippen molar-refractivity contribution in [3.8, 4) is 0 Å². The predicted octanol–water partition coefficient (Wildman–Crippen LogP) is 4.39. The van der Waals surface area contributed by atoms with Gasteiger partial charge in [0.15, 0.2) is 0 Å². The number of aromatic nitrogens is 1. The van der Waals surface area contributed by atoms with Crippen LogP contribution in [0.25, 0.3) is 10.8 Å². The van der Waals surface area contributed by atoms with Gasteiger partial charge in [-0.05, 0) is 23.8 Å². The third-order valence-electron chi connectivity index (χ3n) is 6.35. The second-order valence-electron chi connectivity index (χ2n) is 8.18. The maximum absolute atomic E-state index is 12.8. The fourth-order valence-corrected chi connectivity index (χ4v) is 5.02. The van der Waals surface area contributed by atoms with E-state index >= 15 is 0 Å². The Balaban J connectivity index is 1.36. The Morgan fingerprint density at radius 3 is 2.48 bits per heavy atom. The van der Waals surface area contributed by atoms with E-state index < -0.39 is 5.60 Å². The van der Waals surface area contributed by atoms with Gasteiger partial charge in [-0.2, -0.15) is 0 Å². The second-order valence-corrected chi connectivity index (χ2v) is 8.18. The van der Waals surface area contributed by atoms with Gasteiger partial charge in [0, 0.05) is 48.3 Å². The van der Waals surface area contributed by atoms with Gasteiger partial charge in [0.05, 0.1) is 5.60 Å². The molecule has 1 N–H and O–H groups in total. The highest BCUT2D eigenvalue weighted by Crippen LogP contribution is 2.47. The molecular weight excluding hydrogens is 364 g/mol. The molecule has 0 radical (unpaired) electrons. The molecule has 2 aliphatic rings. The fourth-order valence-electron chi connectivity index (χ4n) is 5.02. The molecule has 2 aliphatic heterocycles. The number of rotatable bonds is 3. The van der Waals surface area contributed by atoms with E-state index in [9.17, 15) is 9.90 Å². The molecule has 2 bridgehead atoms. The molecule has 2 unspecified atom stereocenters. The summed E-state index contributed by atoms with van der Waals surface area (Å²) in [6.07, 6.45) is 6.15. The summed E-state index contributed by atoms with van der Waals surface area (Å²) in [6, 6.07) is 17.7. The second kappa shape index (κ2) is 7.16. The Morgan fingerprint density at radius 1 is 1.03 bits per heavy atom. The first-order valence-corrected chi connectivity index (χ1v) is 10.2. The van der Waals surface area contributed by atoms with E-state index in [0.717, 1.165) is 34.7 Å². The van der Waals surface area contributed by atoms with Crippen molar-refractivity contribution in [1.29, 1.82) is 0 Å². The first-order valence-electron chi connectivity index (χ1n) is 10.2. The number of hydrogen-bond acceptors (Lipinski definition) is 4. The van der Waals surface area contributed by atoms with Crippen LogP contribution in [0.4, 0.5) is 4.79 Å².